The highest BCUT2D eigenvalue weighted by Gasteiger charge is 2.35. The van der Waals surface area contributed by atoms with Crippen molar-refractivity contribution >= 4 is 0 Å². The number of hydrogen-bond acceptors (Lipinski definition) is 4. The SMILES string of the molecule is Oc1ccc2c(c1)OC[C@@H](c1ccc(C(F)(F)F)cc1)[C@@H]2c1ccc(OCCN2CCCC2)cc1. The van der Waals surface area contributed by atoms with Crippen molar-refractivity contribution in [3.05, 3.63) is 89.0 Å². The first-order chi connectivity index (χ1) is 16.9. The van der Waals surface area contributed by atoms with Crippen molar-refractivity contribution in [2.45, 2.75) is 30.9 Å². The Morgan fingerprint density at radius 1 is 0.914 bits per heavy atom. The number of alkyl halides is 3. The monoisotopic (exact) mass is 483 g/mol. The molecular weight excluding hydrogens is 455 g/mol. The van der Waals surface area contributed by atoms with Crippen molar-refractivity contribution in [3.63, 3.8) is 0 Å². The van der Waals surface area contributed by atoms with Gasteiger partial charge in [0.1, 0.15) is 23.9 Å². The van der Waals surface area contributed by atoms with Gasteiger partial charge in [0.2, 0.25) is 0 Å². The molecule has 2 heterocycles. The minimum absolute atomic E-state index is 0.109. The smallest absolute Gasteiger partial charge is 0.416 e. The minimum Gasteiger partial charge on any atom is -0.508 e. The molecule has 0 unspecified atom stereocenters. The fourth-order valence-electron chi connectivity index (χ4n) is 5.09. The third kappa shape index (κ3) is 5.25. The molecule has 0 spiro atoms. The Balaban J connectivity index is 1.40. The zero-order chi connectivity index (χ0) is 24.4. The van der Waals surface area contributed by atoms with Crippen molar-refractivity contribution < 1.29 is 27.8 Å². The number of likely N-dealkylation sites (tertiary alicyclic amines) is 1. The summed E-state index contributed by atoms with van der Waals surface area (Å²) in [6, 6.07) is 18.2. The first-order valence-corrected chi connectivity index (χ1v) is 12.0. The number of rotatable bonds is 6. The topological polar surface area (TPSA) is 41.9 Å². The predicted molar refractivity (Wildman–Crippen MR) is 127 cm³/mol. The molecule has 0 radical (unpaired) electrons. The summed E-state index contributed by atoms with van der Waals surface area (Å²) >= 11 is 0. The summed E-state index contributed by atoms with van der Waals surface area (Å²) in [4.78, 5) is 2.40. The second-order valence-electron chi connectivity index (χ2n) is 9.20. The Morgan fingerprint density at radius 2 is 1.60 bits per heavy atom. The van der Waals surface area contributed by atoms with Gasteiger partial charge in [0.15, 0.2) is 0 Å². The van der Waals surface area contributed by atoms with Crippen LogP contribution < -0.4 is 9.47 Å². The zero-order valence-electron chi connectivity index (χ0n) is 19.3. The molecule has 1 fully saturated rings. The average Bonchev–Trinajstić information content (AvgIpc) is 3.37. The van der Waals surface area contributed by atoms with Gasteiger partial charge in [-0.05, 0) is 67.4 Å². The van der Waals surface area contributed by atoms with E-state index in [1.54, 1.807) is 12.1 Å². The van der Waals surface area contributed by atoms with E-state index in [1.807, 2.05) is 30.3 Å². The van der Waals surface area contributed by atoms with Gasteiger partial charge in [0, 0.05) is 30.0 Å². The molecule has 2 aliphatic rings. The second kappa shape index (κ2) is 9.82. The van der Waals surface area contributed by atoms with Gasteiger partial charge in [-0.15, -0.1) is 0 Å². The van der Waals surface area contributed by atoms with Gasteiger partial charge in [-0.2, -0.15) is 13.2 Å². The van der Waals surface area contributed by atoms with E-state index in [9.17, 15) is 18.3 Å². The zero-order valence-corrected chi connectivity index (χ0v) is 19.3. The Kier molecular flexibility index (Phi) is 6.60. The van der Waals surface area contributed by atoms with Gasteiger partial charge >= 0.3 is 6.18 Å². The fraction of sp³-hybridized carbons (Fsp3) is 0.357. The van der Waals surface area contributed by atoms with E-state index in [-0.39, 0.29) is 17.6 Å². The molecular formula is C28H28F3NO3. The summed E-state index contributed by atoms with van der Waals surface area (Å²) in [6.07, 6.45) is -1.88. The molecule has 0 bridgehead atoms. The first-order valence-electron chi connectivity index (χ1n) is 12.0. The molecule has 2 atom stereocenters. The normalized spacial score (nSPS) is 20.3. The van der Waals surface area contributed by atoms with Crippen LogP contribution in [0.15, 0.2) is 66.7 Å². The molecule has 0 aliphatic carbocycles. The summed E-state index contributed by atoms with van der Waals surface area (Å²) in [7, 11) is 0. The summed E-state index contributed by atoms with van der Waals surface area (Å²) < 4.78 is 51.1. The van der Waals surface area contributed by atoms with Crippen molar-refractivity contribution in [1.29, 1.82) is 0 Å². The lowest BCUT2D eigenvalue weighted by Crippen LogP contribution is -2.25. The number of phenolic OH excluding ortho intramolecular Hbond substituents is 1. The Labute approximate surface area is 202 Å². The molecule has 1 saturated heterocycles. The molecule has 0 saturated carbocycles. The second-order valence-corrected chi connectivity index (χ2v) is 9.20. The van der Waals surface area contributed by atoms with Crippen LogP contribution >= 0.6 is 0 Å². The van der Waals surface area contributed by atoms with Crippen LogP contribution in [0.1, 0.15) is 46.9 Å². The fourth-order valence-corrected chi connectivity index (χ4v) is 5.09. The van der Waals surface area contributed by atoms with Crippen molar-refractivity contribution in [3.8, 4) is 17.2 Å². The van der Waals surface area contributed by atoms with E-state index in [0.717, 1.165) is 54.2 Å². The number of phenols is 1. The van der Waals surface area contributed by atoms with Gasteiger partial charge in [-0.25, -0.2) is 0 Å². The van der Waals surface area contributed by atoms with Crippen LogP contribution in [0.3, 0.4) is 0 Å². The van der Waals surface area contributed by atoms with E-state index in [0.29, 0.717) is 19.0 Å². The van der Waals surface area contributed by atoms with Gasteiger partial charge in [0.25, 0.3) is 0 Å². The number of nitrogens with zero attached hydrogens (tertiary/aromatic N) is 1. The standard InChI is InChI=1S/C28H28F3NO3/c29-28(30,31)21-7-3-19(4-8-21)25-18-35-26-17-22(33)9-12-24(26)27(25)20-5-10-23(11-6-20)34-16-15-32-13-1-2-14-32/h3-12,17,25,27,33H,1-2,13-16,18H2/t25-,27+/m0/s1. The summed E-state index contributed by atoms with van der Waals surface area (Å²) in [5, 5.41) is 9.93. The van der Waals surface area contributed by atoms with Crippen molar-refractivity contribution in [2.75, 3.05) is 32.8 Å². The number of benzene rings is 3. The van der Waals surface area contributed by atoms with Gasteiger partial charge < -0.3 is 14.6 Å². The molecule has 4 nitrogen and oxygen atoms in total. The minimum atomic E-state index is -4.38. The molecule has 3 aromatic rings. The van der Waals surface area contributed by atoms with Crippen LogP contribution in [0.2, 0.25) is 0 Å². The quantitative estimate of drug-likeness (QED) is 0.454. The van der Waals surface area contributed by atoms with E-state index >= 15 is 0 Å². The van der Waals surface area contributed by atoms with Crippen LogP contribution in [0.5, 0.6) is 17.2 Å². The number of hydrogen-bond donors (Lipinski definition) is 1. The molecule has 35 heavy (non-hydrogen) atoms. The highest BCUT2D eigenvalue weighted by atomic mass is 19.4. The van der Waals surface area contributed by atoms with Gasteiger partial charge in [0.05, 0.1) is 12.2 Å². The van der Waals surface area contributed by atoms with E-state index < -0.39 is 11.7 Å². The summed E-state index contributed by atoms with van der Waals surface area (Å²) in [5.41, 5.74) is 2.00. The molecule has 0 amide bonds. The van der Waals surface area contributed by atoms with Gasteiger partial charge in [-0.1, -0.05) is 30.3 Å². The van der Waals surface area contributed by atoms with Crippen molar-refractivity contribution in [2.24, 2.45) is 0 Å². The molecule has 1 N–H and O–H groups in total. The number of ether oxygens (including phenoxy) is 2. The lowest BCUT2D eigenvalue weighted by Gasteiger charge is -2.34. The lowest BCUT2D eigenvalue weighted by molar-refractivity contribution is -0.137. The maximum Gasteiger partial charge on any atom is 0.416 e. The van der Waals surface area contributed by atoms with Crippen LogP contribution in [0, 0.1) is 0 Å². The van der Waals surface area contributed by atoms with Crippen LogP contribution in [-0.2, 0) is 6.18 Å². The maximum absolute atomic E-state index is 13.1. The Hall–Kier alpha value is -3.19. The predicted octanol–water partition coefficient (Wildman–Crippen LogP) is 6.19. The summed E-state index contributed by atoms with van der Waals surface area (Å²) in [5.74, 6) is 1.16. The average molecular weight is 484 g/mol. The van der Waals surface area contributed by atoms with E-state index in [1.165, 1.54) is 25.0 Å². The molecule has 5 rings (SSSR count). The highest BCUT2D eigenvalue weighted by molar-refractivity contribution is 5.51. The summed E-state index contributed by atoms with van der Waals surface area (Å²) in [6.45, 7) is 4.10. The highest BCUT2D eigenvalue weighted by Crippen LogP contribution is 2.47. The molecule has 2 aliphatic heterocycles. The van der Waals surface area contributed by atoms with Crippen molar-refractivity contribution in [1.82, 2.24) is 4.90 Å². The van der Waals surface area contributed by atoms with Crippen LogP contribution in [0.4, 0.5) is 13.2 Å². The van der Waals surface area contributed by atoms with Crippen LogP contribution in [0.25, 0.3) is 0 Å². The number of aromatic hydroxyl groups is 1. The van der Waals surface area contributed by atoms with Crippen LogP contribution in [-0.4, -0.2) is 42.9 Å². The number of fused-ring (bicyclic) bond motifs is 1. The largest absolute Gasteiger partial charge is 0.508 e. The first kappa shape index (κ1) is 23.5. The van der Waals surface area contributed by atoms with E-state index in [4.69, 9.17) is 9.47 Å². The Bertz CT molecular complexity index is 1140. The van der Waals surface area contributed by atoms with E-state index in [2.05, 4.69) is 4.90 Å². The van der Waals surface area contributed by atoms with Gasteiger partial charge in [-0.3, -0.25) is 4.90 Å². The third-order valence-electron chi connectivity index (χ3n) is 6.93. The molecule has 7 heteroatoms. The maximum atomic E-state index is 13.1. The lowest BCUT2D eigenvalue weighted by atomic mass is 9.75. The Morgan fingerprint density at radius 3 is 2.29 bits per heavy atom. The molecule has 0 aromatic heterocycles. The third-order valence-corrected chi connectivity index (χ3v) is 6.93. The number of halogens is 3. The molecule has 184 valence electrons. The molecule has 3 aromatic carbocycles.